The highest BCUT2D eigenvalue weighted by atomic mass is 31.2. The van der Waals surface area contributed by atoms with Gasteiger partial charge in [0.15, 0.2) is 0 Å². The molecule has 1 saturated carbocycles. The van der Waals surface area contributed by atoms with Gasteiger partial charge in [0.25, 0.3) is 0 Å². The molecule has 0 aliphatic heterocycles. The summed E-state index contributed by atoms with van der Waals surface area (Å²) in [7, 11) is -5.15. The first kappa shape index (κ1) is 57.3. The third-order valence-electron chi connectivity index (χ3n) is 12.3. The van der Waals surface area contributed by atoms with Crippen LogP contribution < -0.4 is 5.32 Å². The van der Waals surface area contributed by atoms with E-state index in [0.717, 1.165) is 38.5 Å². The van der Waals surface area contributed by atoms with Crippen LogP contribution in [0.2, 0.25) is 0 Å². The average molecular weight is 882 g/mol. The topological polar surface area (TPSA) is 226 Å². The fourth-order valence-corrected chi connectivity index (χ4v) is 9.15. The van der Waals surface area contributed by atoms with Crippen molar-refractivity contribution in [3.63, 3.8) is 0 Å². The maximum absolute atomic E-state index is 13.0. The molecule has 9 N–H and O–H groups in total. The quantitative estimate of drug-likeness (QED) is 0.0208. The highest BCUT2D eigenvalue weighted by molar-refractivity contribution is 7.47. The number of unbranched alkanes of at least 4 members (excludes halogenated alkanes) is 29. The van der Waals surface area contributed by atoms with Crippen molar-refractivity contribution in [1.29, 1.82) is 0 Å². The van der Waals surface area contributed by atoms with Gasteiger partial charge in [0.1, 0.15) is 42.7 Å². The third-order valence-corrected chi connectivity index (χ3v) is 13.2. The number of carbonyl (C=O) groups is 1. The molecule has 14 heteroatoms. The number of aliphatic hydroxyl groups excluding tert-OH is 7. The maximum atomic E-state index is 13.0. The van der Waals surface area contributed by atoms with Crippen molar-refractivity contribution in [2.75, 3.05) is 6.61 Å². The van der Waals surface area contributed by atoms with E-state index >= 15 is 0 Å². The Morgan fingerprint density at radius 1 is 0.517 bits per heavy atom. The lowest BCUT2D eigenvalue weighted by molar-refractivity contribution is -0.220. The zero-order valence-corrected chi connectivity index (χ0v) is 38.8. The molecule has 0 heterocycles. The van der Waals surface area contributed by atoms with Gasteiger partial charge in [-0.3, -0.25) is 13.8 Å². The molecule has 0 saturated heterocycles. The van der Waals surface area contributed by atoms with Gasteiger partial charge in [-0.15, -0.1) is 0 Å². The molecule has 1 amide bonds. The predicted molar refractivity (Wildman–Crippen MR) is 238 cm³/mol. The number of rotatable bonds is 41. The Kier molecular flexibility index (Phi) is 35.0. The normalized spacial score (nSPS) is 23.3. The first-order valence-electron chi connectivity index (χ1n) is 24.6. The van der Waals surface area contributed by atoms with Crippen molar-refractivity contribution in [2.45, 2.75) is 281 Å². The number of hydrogen-bond donors (Lipinski definition) is 9. The van der Waals surface area contributed by atoms with Crippen LogP contribution >= 0.6 is 7.82 Å². The van der Waals surface area contributed by atoms with Crippen LogP contribution in [0.5, 0.6) is 0 Å². The van der Waals surface area contributed by atoms with E-state index < -0.39 is 75.2 Å². The molecule has 0 aromatic heterocycles. The lowest BCUT2D eigenvalue weighted by Gasteiger charge is -2.41. The minimum atomic E-state index is -5.15. The summed E-state index contributed by atoms with van der Waals surface area (Å²) in [6.45, 7) is 3.72. The van der Waals surface area contributed by atoms with E-state index in [9.17, 15) is 50.0 Å². The molecule has 0 radical (unpaired) electrons. The van der Waals surface area contributed by atoms with E-state index in [2.05, 4.69) is 19.2 Å². The molecule has 358 valence electrons. The molecular formula is C46H92NO12P. The number of hydrogen-bond acceptors (Lipinski definition) is 11. The van der Waals surface area contributed by atoms with Gasteiger partial charge < -0.3 is 46.0 Å². The van der Waals surface area contributed by atoms with Gasteiger partial charge in [0.05, 0.1) is 18.8 Å². The second-order valence-electron chi connectivity index (χ2n) is 17.8. The summed E-state index contributed by atoms with van der Waals surface area (Å²) in [6, 6.07) is -1.30. The van der Waals surface area contributed by atoms with Gasteiger partial charge in [-0.05, 0) is 12.8 Å². The Morgan fingerprint density at radius 2 is 0.833 bits per heavy atom. The molecule has 0 aromatic rings. The lowest BCUT2D eigenvalue weighted by atomic mass is 9.85. The van der Waals surface area contributed by atoms with Crippen LogP contribution in [0, 0.1) is 0 Å². The Bertz CT molecular complexity index is 1040. The fourth-order valence-electron chi connectivity index (χ4n) is 8.18. The average Bonchev–Trinajstić information content (AvgIpc) is 3.23. The van der Waals surface area contributed by atoms with Crippen molar-refractivity contribution in [2.24, 2.45) is 0 Å². The highest BCUT2D eigenvalue weighted by Crippen LogP contribution is 2.47. The molecule has 13 nitrogen and oxygen atoms in total. The summed E-state index contributed by atoms with van der Waals surface area (Å²) in [5, 5.41) is 75.0. The standard InChI is InChI=1S/C46H92NO12P/c1-3-5-7-9-11-13-15-17-19-20-21-23-25-27-29-31-33-35-39(49)47-37(36-58-60(56,57)59-46-44(54)42(52)41(51)43(53)45(46)55)40(50)38(48)34-32-30-28-26-24-22-18-16-14-12-10-8-6-4-2/h37-38,40-46,48,50-55H,3-36H2,1-2H3,(H,47,49)(H,56,57)/t37-,38+,40-,41?,42+,43?,44?,45?,46?/m0/s1. The Hall–Kier alpha value is -0.700. The maximum Gasteiger partial charge on any atom is 0.472 e. The number of nitrogens with one attached hydrogen (secondary N) is 1. The number of aliphatic hydroxyl groups is 7. The van der Waals surface area contributed by atoms with E-state index in [1.165, 1.54) is 148 Å². The Morgan fingerprint density at radius 3 is 1.20 bits per heavy atom. The fraction of sp³-hybridized carbons (Fsp3) is 0.978. The first-order valence-corrected chi connectivity index (χ1v) is 26.1. The van der Waals surface area contributed by atoms with Crippen LogP contribution in [0.1, 0.15) is 226 Å². The number of carbonyl (C=O) groups excluding carboxylic acids is 1. The van der Waals surface area contributed by atoms with E-state index in [0.29, 0.717) is 12.8 Å². The van der Waals surface area contributed by atoms with Gasteiger partial charge in [-0.1, -0.05) is 206 Å². The summed E-state index contributed by atoms with van der Waals surface area (Å²) in [4.78, 5) is 23.5. The van der Waals surface area contributed by atoms with Gasteiger partial charge in [-0.25, -0.2) is 4.57 Å². The third kappa shape index (κ3) is 27.5. The smallest absolute Gasteiger partial charge is 0.390 e. The molecule has 10 atom stereocenters. The van der Waals surface area contributed by atoms with Crippen molar-refractivity contribution in [1.82, 2.24) is 5.32 Å². The second-order valence-corrected chi connectivity index (χ2v) is 19.2. The largest absolute Gasteiger partial charge is 0.472 e. The van der Waals surface area contributed by atoms with E-state index in [-0.39, 0.29) is 12.8 Å². The molecule has 6 unspecified atom stereocenters. The molecule has 0 aromatic carbocycles. The summed E-state index contributed by atoms with van der Waals surface area (Å²) in [5.41, 5.74) is 0. The van der Waals surface area contributed by atoms with Gasteiger partial charge in [0, 0.05) is 6.42 Å². The lowest BCUT2D eigenvalue weighted by Crippen LogP contribution is -2.64. The zero-order valence-electron chi connectivity index (χ0n) is 37.9. The zero-order chi connectivity index (χ0) is 44.4. The Labute approximate surface area is 364 Å². The Balaban J connectivity index is 2.49. The van der Waals surface area contributed by atoms with Crippen molar-refractivity contribution in [3.8, 4) is 0 Å². The minimum Gasteiger partial charge on any atom is -0.390 e. The molecular weight excluding hydrogens is 789 g/mol. The molecule has 1 aliphatic rings. The summed E-state index contributed by atoms with van der Waals surface area (Å²) < 4.78 is 22.9. The van der Waals surface area contributed by atoms with Gasteiger partial charge >= 0.3 is 7.82 Å². The monoisotopic (exact) mass is 882 g/mol. The van der Waals surface area contributed by atoms with Crippen LogP contribution in [0.15, 0.2) is 0 Å². The second kappa shape index (κ2) is 36.6. The predicted octanol–water partition coefficient (Wildman–Crippen LogP) is 8.43. The summed E-state index contributed by atoms with van der Waals surface area (Å²) in [5.74, 6) is -0.417. The molecule has 1 aliphatic carbocycles. The van der Waals surface area contributed by atoms with Crippen LogP contribution in [0.4, 0.5) is 0 Å². The van der Waals surface area contributed by atoms with Crippen molar-refractivity contribution in [3.05, 3.63) is 0 Å². The van der Waals surface area contributed by atoms with Gasteiger partial charge in [-0.2, -0.15) is 0 Å². The van der Waals surface area contributed by atoms with Crippen LogP contribution in [-0.4, -0.2) is 108 Å². The first-order chi connectivity index (χ1) is 28.9. The molecule has 1 rings (SSSR count). The van der Waals surface area contributed by atoms with Crippen LogP contribution in [-0.2, 0) is 18.4 Å². The summed E-state index contributed by atoms with van der Waals surface area (Å²) in [6.07, 6.45) is 22.7. The van der Waals surface area contributed by atoms with E-state index in [4.69, 9.17) is 9.05 Å². The van der Waals surface area contributed by atoms with E-state index in [1.807, 2.05) is 0 Å². The van der Waals surface area contributed by atoms with Gasteiger partial charge in [0.2, 0.25) is 5.91 Å². The number of phosphoric ester groups is 1. The summed E-state index contributed by atoms with van der Waals surface area (Å²) >= 11 is 0. The number of phosphoric acid groups is 1. The van der Waals surface area contributed by atoms with Crippen LogP contribution in [0.3, 0.4) is 0 Å². The number of amides is 1. The molecule has 0 spiro atoms. The minimum absolute atomic E-state index is 0.155. The highest BCUT2D eigenvalue weighted by Gasteiger charge is 2.51. The SMILES string of the molecule is CCCCCCCCCCCCCCCCCCCC(=O)N[C@@H](COP(=O)(O)OC1C(O)C(O)C(O)[C@@H](O)C1O)[C@H](O)[C@H](O)CCCCCCCCCCCCCCCC. The van der Waals surface area contributed by atoms with E-state index in [1.54, 1.807) is 0 Å². The van der Waals surface area contributed by atoms with Crippen molar-refractivity contribution >= 4 is 13.7 Å². The van der Waals surface area contributed by atoms with Crippen molar-refractivity contribution < 1.29 is 59.0 Å². The van der Waals surface area contributed by atoms with Crippen LogP contribution in [0.25, 0.3) is 0 Å². The molecule has 0 bridgehead atoms. The molecule has 1 fully saturated rings. The molecule has 60 heavy (non-hydrogen) atoms.